The fourth-order valence-corrected chi connectivity index (χ4v) is 3.32. The lowest BCUT2D eigenvalue weighted by Crippen LogP contribution is -2.28. The third-order valence-corrected chi connectivity index (χ3v) is 4.58. The van der Waals surface area contributed by atoms with Crippen molar-refractivity contribution in [3.05, 3.63) is 82.4 Å². The van der Waals surface area contributed by atoms with Gasteiger partial charge in [-0.05, 0) is 65.6 Å². The van der Waals surface area contributed by atoms with Crippen LogP contribution in [-0.4, -0.2) is 0 Å². The number of hydrogen-bond donors (Lipinski definition) is 1. The van der Waals surface area contributed by atoms with Crippen molar-refractivity contribution in [3.63, 3.8) is 0 Å². The summed E-state index contributed by atoms with van der Waals surface area (Å²) in [5.74, 6) is -1.18. The fourth-order valence-electron chi connectivity index (χ4n) is 3.32. The number of nitrogens with one attached hydrogen (secondary N) is 1. The van der Waals surface area contributed by atoms with Gasteiger partial charge in [-0.2, -0.15) is 10.5 Å². The van der Waals surface area contributed by atoms with Crippen molar-refractivity contribution in [2.45, 2.75) is 13.8 Å². The number of rotatable bonds is 3. The molecule has 3 rings (SSSR count). The van der Waals surface area contributed by atoms with Gasteiger partial charge in [0, 0.05) is 5.92 Å². The highest BCUT2D eigenvalue weighted by Crippen LogP contribution is 2.40. The molecule has 27 heavy (non-hydrogen) atoms. The van der Waals surface area contributed by atoms with Gasteiger partial charge >= 0.3 is 0 Å². The quantitative estimate of drug-likeness (QED) is 0.836. The Hall–Kier alpha value is -3.44. The Morgan fingerprint density at radius 3 is 1.44 bits per heavy atom. The molecule has 0 spiro atoms. The van der Waals surface area contributed by atoms with Crippen molar-refractivity contribution in [1.29, 1.82) is 10.5 Å². The fraction of sp³-hybridized carbons (Fsp3) is 0.182. The molecule has 0 unspecified atom stereocenters. The first-order valence-electron chi connectivity index (χ1n) is 8.53. The summed E-state index contributed by atoms with van der Waals surface area (Å²) in [6.07, 6.45) is 0. The first-order chi connectivity index (χ1) is 13.0. The number of nitrogens with zero attached hydrogens (tertiary/aromatic N) is 2. The second-order valence-electron chi connectivity index (χ2n) is 6.66. The molecule has 134 valence electrons. The maximum Gasteiger partial charge on any atom is 0.123 e. The molecule has 2 aromatic carbocycles. The van der Waals surface area contributed by atoms with Crippen LogP contribution < -0.4 is 5.32 Å². The highest BCUT2D eigenvalue weighted by molar-refractivity contribution is 5.87. The summed E-state index contributed by atoms with van der Waals surface area (Å²) in [6, 6.07) is 16.1. The second kappa shape index (κ2) is 7.43. The standard InChI is InChI=1S/C22H17F2N3/c1-13(2)20-18(11-25)21(14-3-7-16(23)8-4-14)27-22(19(20)12-26)15-5-9-17(24)10-6-15/h3-10,13,20,27H,1-2H3. The molecule has 1 heterocycles. The van der Waals surface area contributed by atoms with Gasteiger partial charge in [0.05, 0.1) is 34.7 Å². The van der Waals surface area contributed by atoms with E-state index < -0.39 is 5.92 Å². The van der Waals surface area contributed by atoms with E-state index in [0.717, 1.165) is 0 Å². The molecule has 1 aliphatic heterocycles. The Kier molecular flexibility index (Phi) is 5.05. The van der Waals surface area contributed by atoms with E-state index in [1.54, 1.807) is 24.3 Å². The number of halogens is 2. The summed E-state index contributed by atoms with van der Waals surface area (Å²) in [7, 11) is 0. The topological polar surface area (TPSA) is 59.6 Å². The van der Waals surface area contributed by atoms with Gasteiger partial charge in [-0.1, -0.05) is 13.8 Å². The Morgan fingerprint density at radius 1 is 0.778 bits per heavy atom. The summed E-state index contributed by atoms with van der Waals surface area (Å²) >= 11 is 0. The lowest BCUT2D eigenvalue weighted by molar-refractivity contribution is 0.517. The zero-order chi connectivity index (χ0) is 19.6. The Morgan fingerprint density at radius 2 is 1.15 bits per heavy atom. The van der Waals surface area contributed by atoms with Gasteiger partial charge in [0.25, 0.3) is 0 Å². The molecule has 0 aromatic heterocycles. The van der Waals surface area contributed by atoms with Gasteiger partial charge in [0.1, 0.15) is 11.6 Å². The first-order valence-corrected chi connectivity index (χ1v) is 8.53. The predicted octanol–water partition coefficient (Wildman–Crippen LogP) is 5.01. The van der Waals surface area contributed by atoms with Gasteiger partial charge in [0.2, 0.25) is 0 Å². The minimum Gasteiger partial charge on any atom is -0.353 e. The number of hydrogen-bond acceptors (Lipinski definition) is 3. The zero-order valence-electron chi connectivity index (χ0n) is 14.9. The molecule has 0 amide bonds. The van der Waals surface area contributed by atoms with Crippen LogP contribution in [0.3, 0.4) is 0 Å². The number of allylic oxidation sites excluding steroid dienone is 2. The second-order valence-corrected chi connectivity index (χ2v) is 6.66. The molecule has 0 saturated heterocycles. The van der Waals surface area contributed by atoms with Crippen molar-refractivity contribution in [3.8, 4) is 12.1 Å². The molecule has 1 aliphatic rings. The molecule has 0 radical (unpaired) electrons. The monoisotopic (exact) mass is 361 g/mol. The molecule has 0 saturated carbocycles. The van der Waals surface area contributed by atoms with Crippen molar-refractivity contribution >= 4 is 11.4 Å². The van der Waals surface area contributed by atoms with Crippen LogP contribution in [0.2, 0.25) is 0 Å². The first kappa shape index (κ1) is 18.4. The van der Waals surface area contributed by atoms with Crippen molar-refractivity contribution in [2.24, 2.45) is 11.8 Å². The van der Waals surface area contributed by atoms with E-state index in [-0.39, 0.29) is 17.6 Å². The number of benzene rings is 2. The van der Waals surface area contributed by atoms with Gasteiger partial charge in [0.15, 0.2) is 0 Å². The number of nitriles is 2. The molecule has 3 nitrogen and oxygen atoms in total. The molecular formula is C22H17F2N3. The van der Waals surface area contributed by atoms with Crippen LogP contribution in [-0.2, 0) is 0 Å². The van der Waals surface area contributed by atoms with E-state index in [1.807, 2.05) is 13.8 Å². The summed E-state index contributed by atoms with van der Waals surface area (Å²) in [5, 5.41) is 22.8. The normalized spacial score (nSPS) is 14.8. The van der Waals surface area contributed by atoms with Gasteiger partial charge < -0.3 is 5.32 Å². The van der Waals surface area contributed by atoms with E-state index in [0.29, 0.717) is 33.7 Å². The van der Waals surface area contributed by atoms with E-state index in [2.05, 4.69) is 17.5 Å². The van der Waals surface area contributed by atoms with Gasteiger partial charge in [-0.25, -0.2) is 8.78 Å². The van der Waals surface area contributed by atoms with Gasteiger partial charge in [-0.15, -0.1) is 0 Å². The van der Waals surface area contributed by atoms with Crippen molar-refractivity contribution in [1.82, 2.24) is 5.32 Å². The zero-order valence-corrected chi connectivity index (χ0v) is 14.9. The van der Waals surface area contributed by atoms with Crippen LogP contribution in [0.4, 0.5) is 8.78 Å². The Bertz CT molecular complexity index is 922. The smallest absolute Gasteiger partial charge is 0.123 e. The van der Waals surface area contributed by atoms with Crippen molar-refractivity contribution < 1.29 is 8.78 Å². The SMILES string of the molecule is CC(C)C1C(C#N)=C(c2ccc(F)cc2)NC(c2ccc(F)cc2)=C1C#N. The predicted molar refractivity (Wildman–Crippen MR) is 99.3 cm³/mol. The summed E-state index contributed by atoms with van der Waals surface area (Å²) in [6.45, 7) is 3.88. The van der Waals surface area contributed by atoms with Crippen LogP contribution >= 0.6 is 0 Å². The molecule has 5 heteroatoms. The van der Waals surface area contributed by atoms with E-state index in [4.69, 9.17) is 0 Å². The minimum absolute atomic E-state index is 0.0118. The van der Waals surface area contributed by atoms with Crippen LogP contribution in [0.25, 0.3) is 11.4 Å². The van der Waals surface area contributed by atoms with Crippen LogP contribution in [0, 0.1) is 46.1 Å². The third-order valence-electron chi connectivity index (χ3n) is 4.58. The lowest BCUT2D eigenvalue weighted by atomic mass is 9.77. The average molecular weight is 361 g/mol. The summed E-state index contributed by atoms with van der Waals surface area (Å²) in [5.41, 5.74) is 3.23. The highest BCUT2D eigenvalue weighted by Gasteiger charge is 2.33. The minimum atomic E-state index is -0.415. The van der Waals surface area contributed by atoms with E-state index in [1.165, 1.54) is 24.3 Å². The highest BCUT2D eigenvalue weighted by atomic mass is 19.1. The van der Waals surface area contributed by atoms with Gasteiger partial charge in [-0.3, -0.25) is 0 Å². The van der Waals surface area contributed by atoms with E-state index in [9.17, 15) is 19.3 Å². The molecule has 0 bridgehead atoms. The summed E-state index contributed by atoms with van der Waals surface area (Å²) < 4.78 is 26.7. The lowest BCUT2D eigenvalue weighted by Gasteiger charge is -2.31. The average Bonchev–Trinajstić information content (AvgIpc) is 2.67. The molecule has 1 N–H and O–H groups in total. The largest absolute Gasteiger partial charge is 0.353 e. The van der Waals surface area contributed by atoms with Crippen molar-refractivity contribution in [2.75, 3.05) is 0 Å². The van der Waals surface area contributed by atoms with Crippen LogP contribution in [0.5, 0.6) is 0 Å². The maximum atomic E-state index is 13.3. The van der Waals surface area contributed by atoms with Crippen LogP contribution in [0.1, 0.15) is 25.0 Å². The Balaban J connectivity index is 2.22. The molecule has 0 fully saturated rings. The van der Waals surface area contributed by atoms with E-state index >= 15 is 0 Å². The van der Waals surface area contributed by atoms with Crippen LogP contribution in [0.15, 0.2) is 59.7 Å². The molecular weight excluding hydrogens is 344 g/mol. The molecule has 2 aromatic rings. The third kappa shape index (κ3) is 3.45. The number of dihydropyridines is 1. The maximum absolute atomic E-state index is 13.3. The molecule has 0 aliphatic carbocycles. The Labute approximate surface area is 156 Å². The summed E-state index contributed by atoms with van der Waals surface area (Å²) in [4.78, 5) is 0. The molecule has 0 atom stereocenters.